The van der Waals surface area contributed by atoms with Gasteiger partial charge in [0, 0.05) is 10.6 Å². The molecule has 152 valence electrons. The van der Waals surface area contributed by atoms with Gasteiger partial charge in [0.1, 0.15) is 4.83 Å². The van der Waals surface area contributed by atoms with E-state index >= 15 is 0 Å². The molecule has 5 rings (SSSR count). The van der Waals surface area contributed by atoms with Gasteiger partial charge in [0.05, 0.1) is 11.1 Å². The van der Waals surface area contributed by atoms with Crippen molar-refractivity contribution in [1.82, 2.24) is 9.55 Å². The molecule has 0 spiro atoms. The summed E-state index contributed by atoms with van der Waals surface area (Å²) in [6, 6.07) is 20.4. The summed E-state index contributed by atoms with van der Waals surface area (Å²) in [6.07, 6.45) is 4.37. The van der Waals surface area contributed by atoms with E-state index in [0.717, 1.165) is 46.1 Å². The fourth-order valence-electron chi connectivity index (χ4n) is 4.32. The van der Waals surface area contributed by atoms with Crippen LogP contribution in [0.15, 0.2) is 70.6 Å². The molecule has 3 nitrogen and oxygen atoms in total. The van der Waals surface area contributed by atoms with Crippen LogP contribution in [0.25, 0.3) is 15.9 Å². The first-order chi connectivity index (χ1) is 14.7. The van der Waals surface area contributed by atoms with Crippen molar-refractivity contribution in [1.29, 1.82) is 0 Å². The average Bonchev–Trinajstić information content (AvgIpc) is 3.15. The highest BCUT2D eigenvalue weighted by atomic mass is 32.2. The number of thiophene rings is 1. The Labute approximate surface area is 184 Å². The Morgan fingerprint density at radius 2 is 1.83 bits per heavy atom. The molecular weight excluding hydrogens is 408 g/mol. The summed E-state index contributed by atoms with van der Waals surface area (Å²) >= 11 is 3.40. The Balaban J connectivity index is 1.61. The van der Waals surface area contributed by atoms with Crippen molar-refractivity contribution < 1.29 is 0 Å². The Morgan fingerprint density at radius 1 is 1.10 bits per heavy atom. The molecule has 1 atom stereocenters. The van der Waals surface area contributed by atoms with Crippen molar-refractivity contribution in [2.24, 2.45) is 0 Å². The predicted octanol–water partition coefficient (Wildman–Crippen LogP) is 6.22. The molecule has 5 heteroatoms. The first-order valence-electron chi connectivity index (χ1n) is 10.5. The average molecular weight is 433 g/mol. The molecule has 0 bridgehead atoms. The molecule has 2 aromatic heterocycles. The molecule has 1 aliphatic carbocycles. The lowest BCUT2D eigenvalue weighted by Gasteiger charge is -2.19. The van der Waals surface area contributed by atoms with Gasteiger partial charge >= 0.3 is 0 Å². The fourth-order valence-corrected chi connectivity index (χ4v) is 6.70. The van der Waals surface area contributed by atoms with Crippen molar-refractivity contribution in [3.8, 4) is 5.69 Å². The first kappa shape index (κ1) is 19.6. The van der Waals surface area contributed by atoms with Crippen molar-refractivity contribution in [2.75, 3.05) is 5.75 Å². The van der Waals surface area contributed by atoms with E-state index in [1.807, 2.05) is 41.0 Å². The number of aryl methyl sites for hydroxylation is 2. The van der Waals surface area contributed by atoms with Crippen molar-refractivity contribution in [2.45, 2.75) is 43.7 Å². The van der Waals surface area contributed by atoms with Gasteiger partial charge in [-0.05, 0) is 54.9 Å². The minimum atomic E-state index is 0.0830. The minimum absolute atomic E-state index is 0.0830. The van der Waals surface area contributed by atoms with E-state index in [1.165, 1.54) is 22.4 Å². The first-order valence-corrected chi connectivity index (χ1v) is 12.3. The third-order valence-electron chi connectivity index (χ3n) is 5.82. The molecule has 4 aromatic rings. The standard InChI is InChI=1S/C25H24N2OS2/c1-17-9-8-14-20-21(17)22-23(30-20)26-25(29-16-15-18-10-4-2-5-11-18)27(24(22)28)19-12-6-3-7-13-19/h2-7,10-13,17H,8-9,14-16H2,1H3/t17-/m1/s1. The lowest BCUT2D eigenvalue weighted by molar-refractivity contribution is 0.601. The SMILES string of the molecule is C[C@@H]1CCCc2sc3nc(SCCc4ccccc4)n(-c4ccccc4)c(=O)c3c21. The third kappa shape index (κ3) is 3.61. The molecule has 0 fully saturated rings. The van der Waals surface area contributed by atoms with Crippen molar-refractivity contribution in [3.05, 3.63) is 87.0 Å². The van der Waals surface area contributed by atoms with Gasteiger partial charge in [0.2, 0.25) is 0 Å². The maximum atomic E-state index is 13.8. The summed E-state index contributed by atoms with van der Waals surface area (Å²) in [6.45, 7) is 2.25. The van der Waals surface area contributed by atoms with Gasteiger partial charge in [0.15, 0.2) is 5.16 Å². The lowest BCUT2D eigenvalue weighted by atomic mass is 9.88. The van der Waals surface area contributed by atoms with Gasteiger partial charge in [-0.25, -0.2) is 4.98 Å². The van der Waals surface area contributed by atoms with E-state index in [0.29, 0.717) is 5.92 Å². The van der Waals surface area contributed by atoms with Crippen LogP contribution in [0, 0.1) is 0 Å². The van der Waals surface area contributed by atoms with E-state index in [9.17, 15) is 4.79 Å². The molecule has 0 radical (unpaired) electrons. The smallest absolute Gasteiger partial charge is 0.267 e. The van der Waals surface area contributed by atoms with Crippen molar-refractivity contribution >= 4 is 33.3 Å². The summed E-state index contributed by atoms with van der Waals surface area (Å²) in [5, 5.41) is 1.64. The van der Waals surface area contributed by atoms with Crippen LogP contribution in [0.1, 0.15) is 41.7 Å². The van der Waals surface area contributed by atoms with Crippen LogP contribution in [0.2, 0.25) is 0 Å². The second-order valence-corrected chi connectivity index (χ2v) is 10.0. The highest BCUT2D eigenvalue weighted by Gasteiger charge is 2.26. The van der Waals surface area contributed by atoms with Crippen LogP contribution in [0.4, 0.5) is 0 Å². The Hall–Kier alpha value is -2.37. The van der Waals surface area contributed by atoms with Gasteiger partial charge in [0.25, 0.3) is 5.56 Å². The number of nitrogens with zero attached hydrogens (tertiary/aromatic N) is 2. The van der Waals surface area contributed by atoms with Gasteiger partial charge in [-0.15, -0.1) is 11.3 Å². The lowest BCUT2D eigenvalue weighted by Crippen LogP contribution is -2.22. The molecule has 0 saturated heterocycles. The molecule has 0 aliphatic heterocycles. The molecule has 0 unspecified atom stereocenters. The zero-order chi connectivity index (χ0) is 20.5. The van der Waals surface area contributed by atoms with Gasteiger partial charge < -0.3 is 0 Å². The zero-order valence-corrected chi connectivity index (χ0v) is 18.6. The van der Waals surface area contributed by atoms with E-state index in [4.69, 9.17) is 4.98 Å². The number of hydrogen-bond donors (Lipinski definition) is 0. The number of hydrogen-bond acceptors (Lipinski definition) is 4. The fraction of sp³-hybridized carbons (Fsp3) is 0.280. The van der Waals surface area contributed by atoms with Crippen LogP contribution in [0.5, 0.6) is 0 Å². The normalized spacial score (nSPS) is 16.0. The largest absolute Gasteiger partial charge is 0.268 e. The van der Waals surface area contributed by atoms with Crippen LogP contribution in [-0.4, -0.2) is 15.3 Å². The highest BCUT2D eigenvalue weighted by molar-refractivity contribution is 7.99. The monoisotopic (exact) mass is 432 g/mol. The summed E-state index contributed by atoms with van der Waals surface area (Å²) < 4.78 is 1.83. The number of benzene rings is 2. The molecule has 0 N–H and O–H groups in total. The van der Waals surface area contributed by atoms with Gasteiger partial charge in [-0.2, -0.15) is 0 Å². The van der Waals surface area contributed by atoms with E-state index < -0.39 is 0 Å². The molecule has 0 saturated carbocycles. The van der Waals surface area contributed by atoms with Gasteiger partial charge in [-0.3, -0.25) is 9.36 Å². The zero-order valence-electron chi connectivity index (χ0n) is 17.0. The topological polar surface area (TPSA) is 34.9 Å². The summed E-state index contributed by atoms with van der Waals surface area (Å²) in [7, 11) is 0. The molecular formula is C25H24N2OS2. The Bertz CT molecular complexity index is 1230. The van der Waals surface area contributed by atoms with E-state index in [1.54, 1.807) is 23.1 Å². The maximum absolute atomic E-state index is 13.8. The third-order valence-corrected chi connectivity index (χ3v) is 7.92. The summed E-state index contributed by atoms with van der Waals surface area (Å²) in [5.74, 6) is 1.31. The Morgan fingerprint density at radius 3 is 2.60 bits per heavy atom. The second-order valence-electron chi connectivity index (χ2n) is 7.87. The molecule has 1 aliphatic rings. The van der Waals surface area contributed by atoms with Crippen LogP contribution in [0.3, 0.4) is 0 Å². The number of thioether (sulfide) groups is 1. The van der Waals surface area contributed by atoms with Crippen LogP contribution >= 0.6 is 23.1 Å². The quantitative estimate of drug-likeness (QED) is 0.277. The molecule has 0 amide bonds. The highest BCUT2D eigenvalue weighted by Crippen LogP contribution is 2.40. The number of para-hydroxylation sites is 1. The van der Waals surface area contributed by atoms with Crippen LogP contribution < -0.4 is 5.56 Å². The predicted molar refractivity (Wildman–Crippen MR) is 127 cm³/mol. The van der Waals surface area contributed by atoms with Gasteiger partial charge in [-0.1, -0.05) is 67.2 Å². The molecule has 2 aromatic carbocycles. The number of aromatic nitrogens is 2. The molecule has 30 heavy (non-hydrogen) atoms. The molecule has 2 heterocycles. The maximum Gasteiger partial charge on any atom is 0.267 e. The van der Waals surface area contributed by atoms with E-state index in [2.05, 4.69) is 31.2 Å². The Kier molecular flexibility index (Phi) is 5.48. The van der Waals surface area contributed by atoms with Crippen LogP contribution in [-0.2, 0) is 12.8 Å². The van der Waals surface area contributed by atoms with Crippen molar-refractivity contribution in [3.63, 3.8) is 0 Å². The minimum Gasteiger partial charge on any atom is -0.268 e. The number of fused-ring (bicyclic) bond motifs is 3. The summed E-state index contributed by atoms with van der Waals surface area (Å²) in [5.41, 5.74) is 3.53. The van der Waals surface area contributed by atoms with E-state index in [-0.39, 0.29) is 5.56 Å². The number of rotatable bonds is 5. The second kappa shape index (κ2) is 8.40. The summed E-state index contributed by atoms with van der Waals surface area (Å²) in [4.78, 5) is 21.1.